The summed E-state index contributed by atoms with van der Waals surface area (Å²) >= 11 is 0. The van der Waals surface area contributed by atoms with Crippen LogP contribution in [0.3, 0.4) is 0 Å². The maximum Gasteiger partial charge on any atom is 0.257 e. The molecule has 140 valence electrons. The Hall–Kier alpha value is -2.86. The summed E-state index contributed by atoms with van der Waals surface area (Å²) in [5.41, 5.74) is 6.29. The van der Waals surface area contributed by atoms with Crippen LogP contribution in [0.15, 0.2) is 53.6 Å². The van der Waals surface area contributed by atoms with Crippen molar-refractivity contribution in [2.45, 2.75) is 25.7 Å². The van der Waals surface area contributed by atoms with Gasteiger partial charge in [-0.25, -0.2) is 8.42 Å². The number of aromatic nitrogens is 1. The standard InChI is InChI=1S/C21H22N2O3S/c1-13-6-5-7-14(2)19(13)20-15(3)18(12-22-20)21(24)23-16-8-10-17(11-9-16)27(4,25)26/h5-12,22H,1-4H3,(H,23,24). The molecule has 2 aromatic carbocycles. The van der Waals surface area contributed by atoms with Crippen molar-refractivity contribution < 1.29 is 13.2 Å². The first kappa shape index (κ1) is 18.9. The van der Waals surface area contributed by atoms with E-state index in [1.165, 1.54) is 12.1 Å². The molecule has 5 nitrogen and oxygen atoms in total. The molecule has 0 aliphatic carbocycles. The minimum atomic E-state index is -3.26. The third-order valence-corrected chi connectivity index (χ3v) is 5.78. The second-order valence-electron chi connectivity index (χ2n) is 6.72. The number of benzene rings is 2. The Morgan fingerprint density at radius 3 is 2.11 bits per heavy atom. The molecule has 0 aliphatic heterocycles. The lowest BCUT2D eigenvalue weighted by atomic mass is 9.97. The Kier molecular flexibility index (Phi) is 4.93. The molecule has 0 radical (unpaired) electrons. The second kappa shape index (κ2) is 7.04. The molecule has 0 atom stereocenters. The molecule has 1 aromatic heterocycles. The molecular formula is C21H22N2O3S. The monoisotopic (exact) mass is 382 g/mol. The number of hydrogen-bond donors (Lipinski definition) is 2. The van der Waals surface area contributed by atoms with E-state index in [0.717, 1.165) is 34.2 Å². The Balaban J connectivity index is 1.88. The van der Waals surface area contributed by atoms with Gasteiger partial charge in [-0.1, -0.05) is 18.2 Å². The Labute approximate surface area is 159 Å². The molecule has 0 spiro atoms. The molecule has 27 heavy (non-hydrogen) atoms. The first-order valence-electron chi connectivity index (χ1n) is 8.54. The summed E-state index contributed by atoms with van der Waals surface area (Å²) in [6.45, 7) is 6.01. The van der Waals surface area contributed by atoms with E-state index in [1.54, 1.807) is 18.3 Å². The van der Waals surface area contributed by atoms with Crippen LogP contribution < -0.4 is 5.32 Å². The van der Waals surface area contributed by atoms with Gasteiger partial charge in [0.1, 0.15) is 0 Å². The highest BCUT2D eigenvalue weighted by atomic mass is 32.2. The van der Waals surface area contributed by atoms with Gasteiger partial charge in [-0.2, -0.15) is 0 Å². The molecule has 2 N–H and O–H groups in total. The molecule has 3 aromatic rings. The number of aryl methyl sites for hydroxylation is 2. The number of hydrogen-bond acceptors (Lipinski definition) is 3. The summed E-state index contributed by atoms with van der Waals surface area (Å²) in [5, 5.41) is 2.82. The van der Waals surface area contributed by atoms with E-state index in [2.05, 4.69) is 10.3 Å². The smallest absolute Gasteiger partial charge is 0.257 e. The first-order valence-corrected chi connectivity index (χ1v) is 10.4. The average Bonchev–Trinajstić information content (AvgIpc) is 2.96. The summed E-state index contributed by atoms with van der Waals surface area (Å²) < 4.78 is 23.1. The number of amides is 1. The van der Waals surface area contributed by atoms with Gasteiger partial charge in [-0.05, 0) is 61.7 Å². The van der Waals surface area contributed by atoms with Crippen LogP contribution >= 0.6 is 0 Å². The van der Waals surface area contributed by atoms with Gasteiger partial charge >= 0.3 is 0 Å². The molecule has 0 fully saturated rings. The van der Waals surface area contributed by atoms with Crippen LogP contribution in [0.5, 0.6) is 0 Å². The fourth-order valence-corrected chi connectivity index (χ4v) is 3.81. The van der Waals surface area contributed by atoms with Gasteiger partial charge in [0.05, 0.1) is 10.5 Å². The van der Waals surface area contributed by atoms with Crippen molar-refractivity contribution in [2.75, 3.05) is 11.6 Å². The van der Waals surface area contributed by atoms with E-state index in [1.807, 2.05) is 39.0 Å². The van der Waals surface area contributed by atoms with Gasteiger partial charge in [0.15, 0.2) is 9.84 Å². The Morgan fingerprint density at radius 2 is 1.56 bits per heavy atom. The molecule has 0 bridgehead atoms. The van der Waals surface area contributed by atoms with E-state index in [4.69, 9.17) is 0 Å². The summed E-state index contributed by atoms with van der Waals surface area (Å²) in [7, 11) is -3.26. The van der Waals surface area contributed by atoms with Gasteiger partial charge < -0.3 is 10.3 Å². The van der Waals surface area contributed by atoms with Gasteiger partial charge in [0.25, 0.3) is 5.91 Å². The zero-order valence-electron chi connectivity index (χ0n) is 15.8. The predicted octanol–water partition coefficient (Wildman–Crippen LogP) is 4.26. The summed E-state index contributed by atoms with van der Waals surface area (Å²) in [4.78, 5) is 16.1. The topological polar surface area (TPSA) is 79.0 Å². The lowest BCUT2D eigenvalue weighted by Gasteiger charge is -2.10. The van der Waals surface area contributed by atoms with E-state index in [0.29, 0.717) is 11.3 Å². The minimum Gasteiger partial charge on any atom is -0.360 e. The highest BCUT2D eigenvalue weighted by Gasteiger charge is 2.18. The quantitative estimate of drug-likeness (QED) is 0.707. The van der Waals surface area contributed by atoms with Crippen molar-refractivity contribution >= 4 is 21.4 Å². The Morgan fingerprint density at radius 1 is 0.963 bits per heavy atom. The first-order chi connectivity index (χ1) is 12.7. The van der Waals surface area contributed by atoms with E-state index in [-0.39, 0.29) is 10.8 Å². The lowest BCUT2D eigenvalue weighted by Crippen LogP contribution is -2.12. The van der Waals surface area contributed by atoms with Gasteiger partial charge in [-0.3, -0.25) is 4.79 Å². The van der Waals surface area contributed by atoms with Crippen LogP contribution in [0.4, 0.5) is 5.69 Å². The number of carbonyl (C=O) groups excluding carboxylic acids is 1. The fourth-order valence-electron chi connectivity index (χ4n) is 3.18. The molecule has 0 unspecified atom stereocenters. The molecule has 0 saturated heterocycles. The maximum atomic E-state index is 12.7. The van der Waals surface area contributed by atoms with Crippen molar-refractivity contribution in [3.63, 3.8) is 0 Å². The molecular weight excluding hydrogens is 360 g/mol. The van der Waals surface area contributed by atoms with Crippen molar-refractivity contribution in [2.24, 2.45) is 0 Å². The molecule has 1 amide bonds. The SMILES string of the molecule is Cc1cccc(C)c1-c1[nH]cc(C(=O)Nc2ccc(S(C)(=O)=O)cc2)c1C. The number of aromatic amines is 1. The zero-order chi connectivity index (χ0) is 19.8. The fraction of sp³-hybridized carbons (Fsp3) is 0.190. The lowest BCUT2D eigenvalue weighted by molar-refractivity contribution is 0.102. The van der Waals surface area contributed by atoms with Crippen LogP contribution in [0.1, 0.15) is 27.0 Å². The van der Waals surface area contributed by atoms with Crippen molar-refractivity contribution in [1.29, 1.82) is 0 Å². The van der Waals surface area contributed by atoms with Crippen LogP contribution in [-0.4, -0.2) is 25.6 Å². The highest BCUT2D eigenvalue weighted by Crippen LogP contribution is 2.30. The Bertz CT molecular complexity index is 1090. The number of H-pyrrole nitrogens is 1. The number of sulfone groups is 1. The number of anilines is 1. The summed E-state index contributed by atoms with van der Waals surface area (Å²) in [6, 6.07) is 12.2. The van der Waals surface area contributed by atoms with Crippen molar-refractivity contribution in [3.8, 4) is 11.3 Å². The maximum absolute atomic E-state index is 12.7. The van der Waals surface area contributed by atoms with E-state index in [9.17, 15) is 13.2 Å². The van der Waals surface area contributed by atoms with Crippen LogP contribution in [0.25, 0.3) is 11.3 Å². The van der Waals surface area contributed by atoms with Crippen LogP contribution in [-0.2, 0) is 9.84 Å². The number of rotatable bonds is 4. The second-order valence-corrected chi connectivity index (χ2v) is 8.74. The normalized spacial score (nSPS) is 11.4. The van der Waals surface area contributed by atoms with Crippen LogP contribution in [0, 0.1) is 20.8 Å². The van der Waals surface area contributed by atoms with Gasteiger partial charge in [-0.15, -0.1) is 0 Å². The molecule has 6 heteroatoms. The molecule has 0 saturated carbocycles. The van der Waals surface area contributed by atoms with Gasteiger partial charge in [0, 0.05) is 29.4 Å². The highest BCUT2D eigenvalue weighted by molar-refractivity contribution is 7.90. The molecule has 1 heterocycles. The largest absolute Gasteiger partial charge is 0.360 e. The minimum absolute atomic E-state index is 0.218. The number of nitrogens with one attached hydrogen (secondary N) is 2. The summed E-state index contributed by atoms with van der Waals surface area (Å²) in [6.07, 6.45) is 2.86. The molecule has 3 rings (SSSR count). The summed E-state index contributed by atoms with van der Waals surface area (Å²) in [5.74, 6) is -0.242. The predicted molar refractivity (Wildman–Crippen MR) is 108 cm³/mol. The zero-order valence-corrected chi connectivity index (χ0v) is 16.6. The van der Waals surface area contributed by atoms with E-state index < -0.39 is 9.84 Å². The van der Waals surface area contributed by atoms with E-state index >= 15 is 0 Å². The van der Waals surface area contributed by atoms with Crippen molar-refractivity contribution in [1.82, 2.24) is 4.98 Å². The van der Waals surface area contributed by atoms with Crippen LogP contribution in [0.2, 0.25) is 0 Å². The van der Waals surface area contributed by atoms with Gasteiger partial charge in [0.2, 0.25) is 0 Å². The number of carbonyl (C=O) groups is 1. The van der Waals surface area contributed by atoms with Crippen molar-refractivity contribution in [3.05, 3.63) is 70.9 Å². The third-order valence-electron chi connectivity index (χ3n) is 4.66. The average molecular weight is 382 g/mol. The molecule has 0 aliphatic rings. The third kappa shape index (κ3) is 3.80.